The number of nitrogens with zero attached hydrogens (tertiary/aromatic N) is 2. The minimum atomic E-state index is -0.602. The van der Waals surface area contributed by atoms with Crippen LogP contribution in [0.2, 0.25) is 0 Å². The van der Waals surface area contributed by atoms with Crippen molar-refractivity contribution in [3.8, 4) is 11.3 Å². The van der Waals surface area contributed by atoms with Crippen molar-refractivity contribution >= 4 is 17.2 Å². The first kappa shape index (κ1) is 15.1. The Bertz CT molecular complexity index is 714. The van der Waals surface area contributed by atoms with Crippen molar-refractivity contribution in [2.45, 2.75) is 26.2 Å². The van der Waals surface area contributed by atoms with E-state index >= 15 is 0 Å². The molecule has 6 heteroatoms. The van der Waals surface area contributed by atoms with Crippen molar-refractivity contribution in [3.05, 3.63) is 39.7 Å². The van der Waals surface area contributed by atoms with Gasteiger partial charge in [-0.25, -0.2) is 13.8 Å². The van der Waals surface area contributed by atoms with E-state index in [4.69, 9.17) is 0 Å². The number of aromatic nitrogens is 1. The molecule has 1 fully saturated rings. The molecule has 2 aromatic rings. The second-order valence-electron chi connectivity index (χ2n) is 5.37. The van der Waals surface area contributed by atoms with Crippen LogP contribution in [0.5, 0.6) is 0 Å². The van der Waals surface area contributed by atoms with Crippen molar-refractivity contribution in [1.82, 2.24) is 9.88 Å². The van der Waals surface area contributed by atoms with Crippen LogP contribution in [0.15, 0.2) is 18.2 Å². The van der Waals surface area contributed by atoms with Crippen LogP contribution < -0.4 is 0 Å². The summed E-state index contributed by atoms with van der Waals surface area (Å²) in [6, 6.07) is 3.52. The molecule has 3 nitrogen and oxygen atoms in total. The van der Waals surface area contributed by atoms with Crippen LogP contribution in [-0.2, 0) is 11.2 Å². The average molecular weight is 322 g/mol. The number of carbonyl (C=O) groups excluding carboxylic acids is 1. The number of likely N-dealkylation sites (tertiary alicyclic amines) is 1. The second-order valence-corrected chi connectivity index (χ2v) is 6.66. The lowest BCUT2D eigenvalue weighted by atomic mass is 10.1. The smallest absolute Gasteiger partial charge is 0.222 e. The summed E-state index contributed by atoms with van der Waals surface area (Å²) in [5, 5.41) is 0.871. The van der Waals surface area contributed by atoms with Gasteiger partial charge in [0.1, 0.15) is 11.6 Å². The third kappa shape index (κ3) is 3.02. The second kappa shape index (κ2) is 6.12. The lowest BCUT2D eigenvalue weighted by molar-refractivity contribution is -0.127. The summed E-state index contributed by atoms with van der Waals surface area (Å²) < 4.78 is 26.9. The molecule has 0 saturated carbocycles. The van der Waals surface area contributed by atoms with E-state index in [-0.39, 0.29) is 5.91 Å². The number of amides is 1. The molecule has 1 aliphatic rings. The molecule has 2 heterocycles. The number of hydrogen-bond acceptors (Lipinski definition) is 3. The summed E-state index contributed by atoms with van der Waals surface area (Å²) >= 11 is 1.50. The summed E-state index contributed by atoms with van der Waals surface area (Å²) in [6.45, 7) is 3.33. The van der Waals surface area contributed by atoms with Gasteiger partial charge >= 0.3 is 0 Å². The number of carbonyl (C=O) groups is 1. The normalized spacial score (nSPS) is 14.9. The van der Waals surface area contributed by atoms with Crippen LogP contribution in [-0.4, -0.2) is 28.9 Å². The molecular formula is C16H16F2N2OS. The Morgan fingerprint density at radius 1 is 1.36 bits per heavy atom. The molecule has 1 saturated heterocycles. The van der Waals surface area contributed by atoms with Crippen molar-refractivity contribution in [2.75, 3.05) is 13.1 Å². The van der Waals surface area contributed by atoms with Crippen LogP contribution in [0, 0.1) is 18.6 Å². The molecule has 116 valence electrons. The number of aryl methyl sites for hydroxylation is 1. The fourth-order valence-corrected chi connectivity index (χ4v) is 3.60. The highest BCUT2D eigenvalue weighted by Crippen LogP contribution is 2.30. The fourth-order valence-electron chi connectivity index (χ4n) is 2.66. The first-order chi connectivity index (χ1) is 10.5. The standard InChI is InChI=1S/C16H16F2N2OS/c1-10-16(12-5-4-11(17)9-13(12)18)19-14(22-10)6-8-20-7-2-3-15(20)21/h4-5,9H,2-3,6-8H2,1H3. The molecule has 0 spiro atoms. The van der Waals surface area contributed by atoms with Gasteiger partial charge in [-0.15, -0.1) is 11.3 Å². The Balaban J connectivity index is 1.77. The van der Waals surface area contributed by atoms with Crippen LogP contribution in [0.25, 0.3) is 11.3 Å². The molecule has 0 N–H and O–H groups in total. The van der Waals surface area contributed by atoms with Crippen LogP contribution in [0.4, 0.5) is 8.78 Å². The minimum Gasteiger partial charge on any atom is -0.342 e. The Hall–Kier alpha value is -1.82. The van der Waals surface area contributed by atoms with Gasteiger partial charge in [0.05, 0.1) is 10.7 Å². The predicted octanol–water partition coefficient (Wildman–Crippen LogP) is 3.56. The SMILES string of the molecule is Cc1sc(CCN2CCCC2=O)nc1-c1ccc(F)cc1F. The van der Waals surface area contributed by atoms with Gasteiger partial charge in [0, 0.05) is 42.4 Å². The molecule has 1 amide bonds. The zero-order valence-electron chi connectivity index (χ0n) is 12.2. The summed E-state index contributed by atoms with van der Waals surface area (Å²) in [6.07, 6.45) is 2.21. The molecule has 0 aliphatic carbocycles. The molecule has 1 aromatic carbocycles. The van der Waals surface area contributed by atoms with Crippen molar-refractivity contribution in [3.63, 3.8) is 0 Å². The highest BCUT2D eigenvalue weighted by atomic mass is 32.1. The minimum absolute atomic E-state index is 0.193. The van der Waals surface area contributed by atoms with Gasteiger partial charge in [-0.1, -0.05) is 0 Å². The molecule has 0 bridgehead atoms. The van der Waals surface area contributed by atoms with Gasteiger partial charge in [0.2, 0.25) is 5.91 Å². The lowest BCUT2D eigenvalue weighted by Crippen LogP contribution is -2.26. The topological polar surface area (TPSA) is 33.2 Å². The Morgan fingerprint density at radius 3 is 2.86 bits per heavy atom. The maximum absolute atomic E-state index is 13.9. The molecule has 0 unspecified atom stereocenters. The van der Waals surface area contributed by atoms with E-state index in [2.05, 4.69) is 4.98 Å². The molecular weight excluding hydrogens is 306 g/mol. The number of hydrogen-bond donors (Lipinski definition) is 0. The zero-order chi connectivity index (χ0) is 15.7. The van der Waals surface area contributed by atoms with Crippen molar-refractivity contribution < 1.29 is 13.6 Å². The lowest BCUT2D eigenvalue weighted by Gasteiger charge is -2.13. The van der Waals surface area contributed by atoms with Gasteiger partial charge in [0.15, 0.2) is 0 Å². The Kier molecular flexibility index (Phi) is 4.20. The van der Waals surface area contributed by atoms with E-state index in [9.17, 15) is 13.6 Å². The van der Waals surface area contributed by atoms with Crippen LogP contribution in [0.3, 0.4) is 0 Å². The maximum Gasteiger partial charge on any atom is 0.222 e. The van der Waals surface area contributed by atoms with E-state index in [0.717, 1.165) is 28.9 Å². The number of thiazole rings is 1. The fraction of sp³-hybridized carbons (Fsp3) is 0.375. The van der Waals surface area contributed by atoms with E-state index in [1.54, 1.807) is 0 Å². The zero-order valence-corrected chi connectivity index (χ0v) is 13.1. The largest absolute Gasteiger partial charge is 0.342 e. The third-order valence-electron chi connectivity index (χ3n) is 3.79. The van der Waals surface area contributed by atoms with E-state index in [0.29, 0.717) is 30.6 Å². The first-order valence-corrected chi connectivity index (χ1v) is 8.06. The van der Waals surface area contributed by atoms with Gasteiger partial charge in [-0.05, 0) is 25.5 Å². The molecule has 22 heavy (non-hydrogen) atoms. The maximum atomic E-state index is 13.9. The molecule has 0 atom stereocenters. The summed E-state index contributed by atoms with van der Waals surface area (Å²) in [5.74, 6) is -1.00. The van der Waals surface area contributed by atoms with Gasteiger partial charge in [-0.2, -0.15) is 0 Å². The van der Waals surface area contributed by atoms with E-state index < -0.39 is 11.6 Å². The number of halogens is 2. The van der Waals surface area contributed by atoms with Crippen LogP contribution >= 0.6 is 11.3 Å². The Labute approximate surface area is 131 Å². The highest BCUT2D eigenvalue weighted by molar-refractivity contribution is 7.12. The first-order valence-electron chi connectivity index (χ1n) is 7.24. The molecule has 0 radical (unpaired) electrons. The summed E-state index contributed by atoms with van der Waals surface area (Å²) in [7, 11) is 0. The number of rotatable bonds is 4. The molecule has 3 rings (SSSR count). The van der Waals surface area contributed by atoms with Gasteiger partial charge < -0.3 is 4.90 Å². The van der Waals surface area contributed by atoms with Crippen molar-refractivity contribution in [1.29, 1.82) is 0 Å². The monoisotopic (exact) mass is 322 g/mol. The van der Waals surface area contributed by atoms with Gasteiger partial charge in [-0.3, -0.25) is 4.79 Å². The summed E-state index contributed by atoms with van der Waals surface area (Å²) in [4.78, 5) is 18.8. The molecule has 1 aromatic heterocycles. The van der Waals surface area contributed by atoms with Crippen molar-refractivity contribution in [2.24, 2.45) is 0 Å². The van der Waals surface area contributed by atoms with E-state index in [1.807, 2.05) is 11.8 Å². The number of benzene rings is 1. The van der Waals surface area contributed by atoms with Gasteiger partial charge in [0.25, 0.3) is 0 Å². The van der Waals surface area contributed by atoms with Crippen LogP contribution in [0.1, 0.15) is 22.7 Å². The highest BCUT2D eigenvalue weighted by Gasteiger charge is 2.20. The summed E-state index contributed by atoms with van der Waals surface area (Å²) in [5.41, 5.74) is 0.879. The quantitative estimate of drug-likeness (QED) is 0.862. The predicted molar refractivity (Wildman–Crippen MR) is 81.7 cm³/mol. The molecule has 1 aliphatic heterocycles. The Morgan fingerprint density at radius 2 is 2.18 bits per heavy atom. The van der Waals surface area contributed by atoms with E-state index in [1.165, 1.54) is 23.5 Å². The third-order valence-corrected chi connectivity index (χ3v) is 4.82. The average Bonchev–Trinajstić information content (AvgIpc) is 3.03.